The van der Waals surface area contributed by atoms with Gasteiger partial charge in [-0.25, -0.2) is 14.8 Å². The number of anilines is 1. The van der Waals surface area contributed by atoms with E-state index in [0.29, 0.717) is 35.2 Å². The maximum absolute atomic E-state index is 12.9. The second-order valence-electron chi connectivity index (χ2n) is 9.33. The molecule has 4 aromatic heterocycles. The first kappa shape index (κ1) is 23.8. The zero-order valence-electron chi connectivity index (χ0n) is 20.3. The molecule has 0 unspecified atom stereocenters. The van der Waals surface area contributed by atoms with Crippen LogP contribution < -0.4 is 10.3 Å². The van der Waals surface area contributed by atoms with Crippen molar-refractivity contribution in [2.75, 3.05) is 18.0 Å². The molecule has 4 aromatic rings. The highest BCUT2D eigenvalue weighted by Crippen LogP contribution is 2.29. The number of aromatic nitrogens is 6. The summed E-state index contributed by atoms with van der Waals surface area (Å²) in [4.78, 5) is 48.4. The lowest BCUT2D eigenvalue weighted by Crippen LogP contribution is -2.51. The second-order valence-corrected chi connectivity index (χ2v) is 10.1. The normalized spacial score (nSPS) is 14.0. The number of rotatable bonds is 7. The van der Waals surface area contributed by atoms with Gasteiger partial charge < -0.3 is 10.0 Å². The second kappa shape index (κ2) is 8.94. The summed E-state index contributed by atoms with van der Waals surface area (Å²) in [5.41, 5.74) is 1.76. The number of carboxylic acid groups (broad SMARTS) is 1. The van der Waals surface area contributed by atoms with Gasteiger partial charge in [0, 0.05) is 42.6 Å². The Hall–Kier alpha value is -3.93. The summed E-state index contributed by atoms with van der Waals surface area (Å²) in [5.74, 6) is -0.702. The summed E-state index contributed by atoms with van der Waals surface area (Å²) >= 11 is 1.07. The Bertz CT molecular complexity index is 1550. The zero-order chi connectivity index (χ0) is 25.7. The van der Waals surface area contributed by atoms with Gasteiger partial charge in [0.1, 0.15) is 23.5 Å². The van der Waals surface area contributed by atoms with Crippen molar-refractivity contribution in [1.82, 2.24) is 28.7 Å². The van der Waals surface area contributed by atoms with Crippen LogP contribution in [0.3, 0.4) is 0 Å². The van der Waals surface area contributed by atoms with Gasteiger partial charge in [0.15, 0.2) is 5.65 Å². The highest BCUT2D eigenvalue weighted by Gasteiger charge is 2.34. The average molecular weight is 508 g/mol. The van der Waals surface area contributed by atoms with E-state index in [1.807, 2.05) is 22.6 Å². The first-order valence-corrected chi connectivity index (χ1v) is 12.3. The Balaban J connectivity index is 1.42. The van der Waals surface area contributed by atoms with Crippen LogP contribution in [0.15, 0.2) is 29.5 Å². The van der Waals surface area contributed by atoms with E-state index in [9.17, 15) is 19.5 Å². The molecule has 36 heavy (non-hydrogen) atoms. The van der Waals surface area contributed by atoms with Gasteiger partial charge in [0.05, 0.1) is 23.4 Å². The highest BCUT2D eigenvalue weighted by atomic mass is 32.1. The number of nitrogens with zero attached hydrogens (tertiary/aromatic N) is 7. The average Bonchev–Trinajstić information content (AvgIpc) is 3.42. The van der Waals surface area contributed by atoms with Gasteiger partial charge in [-0.05, 0) is 45.4 Å². The van der Waals surface area contributed by atoms with E-state index in [0.717, 1.165) is 22.9 Å². The van der Waals surface area contributed by atoms with Gasteiger partial charge in [0.25, 0.3) is 0 Å². The quantitative estimate of drug-likeness (QED) is 0.400. The van der Waals surface area contributed by atoms with Crippen LogP contribution in [0.1, 0.15) is 47.2 Å². The summed E-state index contributed by atoms with van der Waals surface area (Å²) in [6.07, 6.45) is 2.89. The Labute approximate surface area is 210 Å². The topological polar surface area (TPSA) is 136 Å². The molecule has 1 aliphatic rings. The molecule has 186 valence electrons. The molecule has 0 spiro atoms. The minimum Gasteiger partial charge on any atom is -0.477 e. The van der Waals surface area contributed by atoms with Crippen molar-refractivity contribution < 1.29 is 14.7 Å². The minimum atomic E-state index is -1.32. The van der Waals surface area contributed by atoms with Crippen molar-refractivity contribution in [3.05, 3.63) is 57.4 Å². The van der Waals surface area contributed by atoms with Crippen LogP contribution in [0.4, 0.5) is 5.82 Å². The molecule has 0 aromatic carbocycles. The number of ketones is 1. The van der Waals surface area contributed by atoms with Gasteiger partial charge in [0.2, 0.25) is 10.6 Å². The lowest BCUT2D eigenvalue weighted by atomic mass is 9.92. The van der Waals surface area contributed by atoms with Gasteiger partial charge in [-0.3, -0.25) is 18.8 Å². The standard InChI is InChI=1S/C24H25N7O4S/c1-12(2)31-14(4)6-16(28-31)7-18(32)15-8-29(9-15)19-5-13(3)20-21(33)17(23(34)35)10-30(22(20)27-19)24-25-11-26-36-24/h5-6,10-12,15H,7-9H2,1-4H3,(H,34,35). The van der Waals surface area contributed by atoms with Crippen LogP contribution in [0.2, 0.25) is 0 Å². The molecule has 5 rings (SSSR count). The fourth-order valence-corrected chi connectivity index (χ4v) is 5.08. The lowest BCUT2D eigenvalue weighted by molar-refractivity contribution is -0.123. The van der Waals surface area contributed by atoms with Crippen molar-refractivity contribution in [1.29, 1.82) is 0 Å². The number of pyridine rings is 2. The molecule has 0 radical (unpaired) electrons. The maximum atomic E-state index is 12.9. The van der Waals surface area contributed by atoms with Gasteiger partial charge in [-0.1, -0.05) is 0 Å². The molecular weight excluding hydrogens is 482 g/mol. The number of Topliss-reactive ketones (excluding diaryl/α,β-unsaturated/α-hetero) is 1. The van der Waals surface area contributed by atoms with E-state index in [1.54, 1.807) is 13.0 Å². The Kier molecular flexibility index (Phi) is 5.91. The van der Waals surface area contributed by atoms with Crippen LogP contribution >= 0.6 is 11.5 Å². The van der Waals surface area contributed by atoms with Crippen molar-refractivity contribution in [3.63, 3.8) is 0 Å². The van der Waals surface area contributed by atoms with E-state index >= 15 is 0 Å². The number of hydrogen-bond acceptors (Lipinski definition) is 9. The van der Waals surface area contributed by atoms with Crippen LogP contribution in [-0.4, -0.2) is 58.6 Å². The molecule has 0 amide bonds. The third-order valence-corrected chi connectivity index (χ3v) is 7.07. The van der Waals surface area contributed by atoms with Crippen LogP contribution in [0.5, 0.6) is 0 Å². The molecule has 0 bridgehead atoms. The molecule has 5 heterocycles. The first-order chi connectivity index (χ1) is 17.1. The van der Waals surface area contributed by atoms with Crippen molar-refractivity contribution in [2.45, 2.75) is 40.2 Å². The predicted octanol–water partition coefficient (Wildman–Crippen LogP) is 2.58. The fourth-order valence-electron chi connectivity index (χ4n) is 4.57. The predicted molar refractivity (Wildman–Crippen MR) is 134 cm³/mol. The van der Waals surface area contributed by atoms with E-state index in [-0.39, 0.29) is 35.1 Å². The lowest BCUT2D eigenvalue weighted by Gasteiger charge is -2.39. The molecule has 0 saturated carbocycles. The van der Waals surface area contributed by atoms with Crippen LogP contribution in [0.25, 0.3) is 16.2 Å². The molecule has 11 nitrogen and oxygen atoms in total. The van der Waals surface area contributed by atoms with Crippen molar-refractivity contribution >= 4 is 40.1 Å². The molecule has 0 atom stereocenters. The maximum Gasteiger partial charge on any atom is 0.341 e. The Morgan fingerprint density at radius 1 is 1.22 bits per heavy atom. The van der Waals surface area contributed by atoms with Crippen LogP contribution in [0, 0.1) is 19.8 Å². The van der Waals surface area contributed by atoms with Gasteiger partial charge in [-0.2, -0.15) is 9.47 Å². The highest BCUT2D eigenvalue weighted by molar-refractivity contribution is 7.08. The summed E-state index contributed by atoms with van der Waals surface area (Å²) in [6.45, 7) is 8.87. The summed E-state index contributed by atoms with van der Waals surface area (Å²) in [7, 11) is 0. The number of carboxylic acids is 1. The van der Waals surface area contributed by atoms with Gasteiger partial charge in [-0.15, -0.1) is 0 Å². The molecule has 1 saturated heterocycles. The third kappa shape index (κ3) is 4.06. The molecule has 1 N–H and O–H groups in total. The smallest absolute Gasteiger partial charge is 0.341 e. The Morgan fingerprint density at radius 2 is 1.97 bits per heavy atom. The molecule has 1 fully saturated rings. The number of aromatic carboxylic acids is 1. The molecular formula is C24H25N7O4S. The Morgan fingerprint density at radius 3 is 2.58 bits per heavy atom. The minimum absolute atomic E-state index is 0.132. The number of hydrogen-bond donors (Lipinski definition) is 1. The molecule has 0 aliphatic carbocycles. The summed E-state index contributed by atoms with van der Waals surface area (Å²) in [5, 5.41) is 14.7. The monoisotopic (exact) mass is 507 g/mol. The zero-order valence-corrected chi connectivity index (χ0v) is 21.1. The summed E-state index contributed by atoms with van der Waals surface area (Å²) in [6, 6.07) is 3.95. The van der Waals surface area contributed by atoms with E-state index in [2.05, 4.69) is 28.3 Å². The van der Waals surface area contributed by atoms with Crippen molar-refractivity contribution in [3.8, 4) is 5.13 Å². The summed E-state index contributed by atoms with van der Waals surface area (Å²) < 4.78 is 7.40. The molecule has 1 aliphatic heterocycles. The largest absolute Gasteiger partial charge is 0.477 e. The van der Waals surface area contributed by atoms with Gasteiger partial charge >= 0.3 is 5.97 Å². The number of carbonyl (C=O) groups is 2. The molecule has 12 heteroatoms. The number of fused-ring (bicyclic) bond motifs is 1. The number of carbonyl (C=O) groups excluding carboxylic acids is 1. The van der Waals surface area contributed by atoms with Crippen LogP contribution in [-0.2, 0) is 11.2 Å². The van der Waals surface area contributed by atoms with Crippen molar-refractivity contribution in [2.24, 2.45) is 5.92 Å². The van der Waals surface area contributed by atoms with E-state index < -0.39 is 11.4 Å². The van der Waals surface area contributed by atoms with E-state index in [1.165, 1.54) is 17.1 Å². The number of aryl methyl sites for hydroxylation is 2. The van der Waals surface area contributed by atoms with E-state index in [4.69, 9.17) is 4.98 Å². The first-order valence-electron chi connectivity index (χ1n) is 11.5. The third-order valence-electron chi connectivity index (χ3n) is 6.41. The fraction of sp³-hybridized carbons (Fsp3) is 0.375. The SMILES string of the molecule is Cc1cc(N2CC(C(=O)Cc3cc(C)n(C(C)C)n3)C2)nc2c1c(=O)c(C(=O)O)cn2-c1ncns1.